The second-order valence-corrected chi connectivity index (χ2v) is 5.69. The first-order valence-electron chi connectivity index (χ1n) is 7.83. The molecule has 0 atom stereocenters. The second-order valence-electron chi connectivity index (χ2n) is 5.69. The SMILES string of the molecule is Cc1nn(CC(=O)O)c(C)c1Nc1ncc(F)c(N2CCOCC2)n1. The number of anilines is 3. The third-order valence-corrected chi connectivity index (χ3v) is 3.94. The molecule has 2 aromatic rings. The number of carboxylic acid groups (broad SMARTS) is 1. The Kier molecular flexibility index (Phi) is 4.79. The minimum absolute atomic E-state index is 0.217. The molecule has 134 valence electrons. The van der Waals surface area contributed by atoms with E-state index in [0.717, 1.165) is 6.20 Å². The van der Waals surface area contributed by atoms with Crippen LogP contribution >= 0.6 is 0 Å². The van der Waals surface area contributed by atoms with Crippen LogP contribution in [0.4, 0.5) is 21.8 Å². The van der Waals surface area contributed by atoms with Crippen LogP contribution in [0.3, 0.4) is 0 Å². The maximum absolute atomic E-state index is 14.1. The van der Waals surface area contributed by atoms with Crippen LogP contribution in [0, 0.1) is 19.7 Å². The van der Waals surface area contributed by atoms with Crippen LogP contribution in [-0.2, 0) is 16.1 Å². The van der Waals surface area contributed by atoms with Crippen molar-refractivity contribution in [1.29, 1.82) is 0 Å². The van der Waals surface area contributed by atoms with Crippen molar-refractivity contribution in [3.8, 4) is 0 Å². The number of carbonyl (C=O) groups is 1. The van der Waals surface area contributed by atoms with Gasteiger partial charge in [0.2, 0.25) is 5.95 Å². The predicted molar refractivity (Wildman–Crippen MR) is 87.6 cm³/mol. The molecule has 3 rings (SSSR count). The van der Waals surface area contributed by atoms with E-state index < -0.39 is 11.8 Å². The number of aryl methyl sites for hydroxylation is 1. The Morgan fingerprint density at radius 1 is 1.40 bits per heavy atom. The molecule has 10 heteroatoms. The first kappa shape index (κ1) is 17.1. The van der Waals surface area contributed by atoms with E-state index in [1.807, 2.05) is 0 Å². The second kappa shape index (κ2) is 7.01. The maximum Gasteiger partial charge on any atom is 0.325 e. The van der Waals surface area contributed by atoms with Crippen LogP contribution in [-0.4, -0.2) is 57.1 Å². The van der Waals surface area contributed by atoms with Gasteiger partial charge in [-0.05, 0) is 13.8 Å². The molecule has 1 aliphatic heterocycles. The number of aliphatic carboxylic acids is 1. The zero-order valence-corrected chi connectivity index (χ0v) is 14.0. The zero-order chi connectivity index (χ0) is 18.0. The first-order chi connectivity index (χ1) is 12.0. The van der Waals surface area contributed by atoms with Gasteiger partial charge >= 0.3 is 5.97 Å². The molecule has 0 aliphatic carbocycles. The molecule has 2 aromatic heterocycles. The third kappa shape index (κ3) is 3.68. The van der Waals surface area contributed by atoms with Crippen molar-refractivity contribution in [2.75, 3.05) is 36.5 Å². The smallest absolute Gasteiger partial charge is 0.325 e. The van der Waals surface area contributed by atoms with Gasteiger partial charge in [0.05, 0.1) is 36.5 Å². The van der Waals surface area contributed by atoms with Gasteiger partial charge in [-0.25, -0.2) is 9.37 Å². The Morgan fingerprint density at radius 3 is 2.80 bits per heavy atom. The molecule has 25 heavy (non-hydrogen) atoms. The monoisotopic (exact) mass is 350 g/mol. The van der Waals surface area contributed by atoms with Gasteiger partial charge in [-0.3, -0.25) is 9.48 Å². The molecule has 1 fully saturated rings. The Hall–Kier alpha value is -2.75. The number of morpholine rings is 1. The van der Waals surface area contributed by atoms with E-state index in [-0.39, 0.29) is 18.3 Å². The highest BCUT2D eigenvalue weighted by molar-refractivity contribution is 5.68. The van der Waals surface area contributed by atoms with Gasteiger partial charge in [0.1, 0.15) is 6.54 Å². The van der Waals surface area contributed by atoms with Crippen LogP contribution in [0.15, 0.2) is 6.20 Å². The minimum atomic E-state index is -0.982. The van der Waals surface area contributed by atoms with Crippen molar-refractivity contribution in [1.82, 2.24) is 19.7 Å². The highest BCUT2D eigenvalue weighted by Gasteiger charge is 2.19. The largest absolute Gasteiger partial charge is 0.480 e. The first-order valence-corrected chi connectivity index (χ1v) is 7.83. The predicted octanol–water partition coefficient (Wildman–Crippen LogP) is 1.09. The lowest BCUT2D eigenvalue weighted by molar-refractivity contribution is -0.137. The molecule has 0 bridgehead atoms. The van der Waals surface area contributed by atoms with Crippen molar-refractivity contribution in [3.63, 3.8) is 0 Å². The van der Waals surface area contributed by atoms with Gasteiger partial charge in [0.25, 0.3) is 0 Å². The zero-order valence-electron chi connectivity index (χ0n) is 14.0. The topological polar surface area (TPSA) is 105 Å². The number of ether oxygens (including phenoxy) is 1. The lowest BCUT2D eigenvalue weighted by Gasteiger charge is -2.28. The van der Waals surface area contributed by atoms with Crippen molar-refractivity contribution >= 4 is 23.4 Å². The van der Waals surface area contributed by atoms with E-state index in [2.05, 4.69) is 20.4 Å². The highest BCUT2D eigenvalue weighted by Crippen LogP contribution is 2.24. The lowest BCUT2D eigenvalue weighted by atomic mass is 10.3. The summed E-state index contributed by atoms with van der Waals surface area (Å²) in [5.41, 5.74) is 1.86. The summed E-state index contributed by atoms with van der Waals surface area (Å²) in [6.07, 6.45) is 1.12. The summed E-state index contributed by atoms with van der Waals surface area (Å²) >= 11 is 0. The van der Waals surface area contributed by atoms with E-state index in [9.17, 15) is 9.18 Å². The Balaban J connectivity index is 1.86. The Morgan fingerprint density at radius 2 is 2.12 bits per heavy atom. The lowest BCUT2D eigenvalue weighted by Crippen LogP contribution is -2.37. The number of aromatic nitrogens is 4. The summed E-state index contributed by atoms with van der Waals surface area (Å²) in [5, 5.41) is 16.1. The summed E-state index contributed by atoms with van der Waals surface area (Å²) < 4.78 is 20.7. The van der Waals surface area contributed by atoms with Gasteiger partial charge in [-0.1, -0.05) is 0 Å². The summed E-state index contributed by atoms with van der Waals surface area (Å²) in [6.45, 7) is 5.41. The molecule has 0 amide bonds. The van der Waals surface area contributed by atoms with Gasteiger partial charge in [-0.15, -0.1) is 0 Å². The molecule has 3 heterocycles. The Labute approximate surface area is 143 Å². The molecule has 0 saturated carbocycles. The number of rotatable bonds is 5. The third-order valence-electron chi connectivity index (χ3n) is 3.94. The minimum Gasteiger partial charge on any atom is -0.480 e. The molecule has 0 aromatic carbocycles. The maximum atomic E-state index is 14.1. The van der Waals surface area contributed by atoms with Crippen molar-refractivity contribution in [2.24, 2.45) is 0 Å². The summed E-state index contributed by atoms with van der Waals surface area (Å²) in [5.74, 6) is -1.04. The van der Waals surface area contributed by atoms with Crippen molar-refractivity contribution < 1.29 is 19.0 Å². The normalized spacial score (nSPS) is 14.6. The Bertz CT molecular complexity index is 788. The van der Waals surface area contributed by atoms with E-state index in [1.165, 1.54) is 4.68 Å². The van der Waals surface area contributed by atoms with Crippen LogP contribution < -0.4 is 10.2 Å². The van der Waals surface area contributed by atoms with Crippen molar-refractivity contribution in [2.45, 2.75) is 20.4 Å². The summed E-state index contributed by atoms with van der Waals surface area (Å²) in [7, 11) is 0. The number of hydrogen-bond acceptors (Lipinski definition) is 7. The standard InChI is InChI=1S/C15H19FN6O3/c1-9-13(10(2)22(20-9)8-12(23)24)18-15-17-7-11(16)14(19-15)21-3-5-25-6-4-21/h7H,3-6,8H2,1-2H3,(H,23,24)(H,17,18,19). The van der Waals surface area contributed by atoms with Crippen LogP contribution in [0.5, 0.6) is 0 Å². The van der Waals surface area contributed by atoms with Crippen LogP contribution in [0.25, 0.3) is 0 Å². The highest BCUT2D eigenvalue weighted by atomic mass is 19.1. The fraction of sp³-hybridized carbons (Fsp3) is 0.467. The molecule has 0 unspecified atom stereocenters. The molecule has 2 N–H and O–H groups in total. The fourth-order valence-corrected chi connectivity index (χ4v) is 2.69. The van der Waals surface area contributed by atoms with Gasteiger partial charge in [0, 0.05) is 13.1 Å². The van der Waals surface area contributed by atoms with E-state index in [1.54, 1.807) is 18.7 Å². The van der Waals surface area contributed by atoms with Gasteiger partial charge in [-0.2, -0.15) is 10.1 Å². The van der Waals surface area contributed by atoms with Crippen LogP contribution in [0.1, 0.15) is 11.4 Å². The molecule has 0 spiro atoms. The quantitative estimate of drug-likeness (QED) is 0.826. The molecule has 9 nitrogen and oxygen atoms in total. The average molecular weight is 350 g/mol. The molecule has 1 saturated heterocycles. The van der Waals surface area contributed by atoms with Crippen molar-refractivity contribution in [3.05, 3.63) is 23.4 Å². The molecule has 0 radical (unpaired) electrons. The number of nitrogens with zero attached hydrogens (tertiary/aromatic N) is 5. The number of nitrogens with one attached hydrogen (secondary N) is 1. The van der Waals surface area contributed by atoms with E-state index in [4.69, 9.17) is 9.84 Å². The fourth-order valence-electron chi connectivity index (χ4n) is 2.69. The van der Waals surface area contributed by atoms with E-state index >= 15 is 0 Å². The number of halogens is 1. The van der Waals surface area contributed by atoms with Crippen LogP contribution in [0.2, 0.25) is 0 Å². The van der Waals surface area contributed by atoms with Gasteiger partial charge < -0.3 is 20.1 Å². The number of carboxylic acids is 1. The molecule has 1 aliphatic rings. The molecular weight excluding hydrogens is 331 g/mol. The summed E-state index contributed by atoms with van der Waals surface area (Å²) in [6, 6.07) is 0. The van der Waals surface area contributed by atoms with E-state index in [0.29, 0.717) is 43.4 Å². The number of hydrogen-bond donors (Lipinski definition) is 2. The molecular formula is C15H19FN6O3. The van der Waals surface area contributed by atoms with Gasteiger partial charge in [0.15, 0.2) is 11.6 Å². The average Bonchev–Trinajstić information content (AvgIpc) is 2.84. The summed E-state index contributed by atoms with van der Waals surface area (Å²) in [4.78, 5) is 20.9.